The zero-order valence-corrected chi connectivity index (χ0v) is 10.8. The number of amidine groups is 1. The van der Waals surface area contributed by atoms with Crippen LogP contribution < -0.4 is 10.6 Å². The van der Waals surface area contributed by atoms with E-state index in [4.69, 9.17) is 10.9 Å². The van der Waals surface area contributed by atoms with Gasteiger partial charge in [-0.1, -0.05) is 18.1 Å². The van der Waals surface area contributed by atoms with Crippen LogP contribution in [-0.2, 0) is 0 Å². The van der Waals surface area contributed by atoms with Crippen LogP contribution in [0.1, 0.15) is 31.4 Å². The number of hydrogen-bond donors (Lipinski definition) is 2. The van der Waals surface area contributed by atoms with Crippen LogP contribution in [0.4, 0.5) is 5.69 Å². The molecule has 0 aromatic heterocycles. The molecule has 0 fully saturated rings. The van der Waals surface area contributed by atoms with Crippen molar-refractivity contribution in [2.45, 2.75) is 27.2 Å². The number of oxime groups is 1. The van der Waals surface area contributed by atoms with Crippen LogP contribution in [0.5, 0.6) is 0 Å². The molecular weight excluding hydrogens is 214 g/mol. The Hall–Kier alpha value is -1.71. The van der Waals surface area contributed by atoms with E-state index in [1.807, 2.05) is 19.1 Å². The second-order valence-corrected chi connectivity index (χ2v) is 4.09. The highest BCUT2D eigenvalue weighted by atomic mass is 16.4. The summed E-state index contributed by atoms with van der Waals surface area (Å²) in [6.45, 7) is 8.16. The third-order valence-corrected chi connectivity index (χ3v) is 2.75. The lowest BCUT2D eigenvalue weighted by Crippen LogP contribution is -2.27. The lowest BCUT2D eigenvalue weighted by molar-refractivity contribution is 0.318. The molecule has 3 N–H and O–H groups in total. The first-order valence-corrected chi connectivity index (χ1v) is 5.97. The van der Waals surface area contributed by atoms with Crippen molar-refractivity contribution in [3.63, 3.8) is 0 Å². The van der Waals surface area contributed by atoms with Gasteiger partial charge >= 0.3 is 0 Å². The van der Waals surface area contributed by atoms with Gasteiger partial charge in [-0.15, -0.1) is 0 Å². The number of rotatable bonds is 5. The Labute approximate surface area is 103 Å². The summed E-state index contributed by atoms with van der Waals surface area (Å²) >= 11 is 0. The SMILES string of the molecule is CCCN(CC)c1cc(C)ccc1C(N)=NO. The highest BCUT2D eigenvalue weighted by molar-refractivity contribution is 6.02. The fourth-order valence-electron chi connectivity index (χ4n) is 1.89. The quantitative estimate of drug-likeness (QED) is 0.356. The fraction of sp³-hybridized carbons (Fsp3) is 0.462. The van der Waals surface area contributed by atoms with E-state index in [9.17, 15) is 0 Å². The van der Waals surface area contributed by atoms with Gasteiger partial charge < -0.3 is 15.8 Å². The zero-order valence-electron chi connectivity index (χ0n) is 10.8. The molecular formula is C13H21N3O. The maximum absolute atomic E-state index is 8.81. The van der Waals surface area contributed by atoms with Crippen molar-refractivity contribution in [3.05, 3.63) is 29.3 Å². The topological polar surface area (TPSA) is 61.8 Å². The molecule has 0 unspecified atom stereocenters. The van der Waals surface area contributed by atoms with E-state index in [0.717, 1.165) is 30.8 Å². The van der Waals surface area contributed by atoms with Crippen molar-refractivity contribution in [3.8, 4) is 0 Å². The number of nitrogens with two attached hydrogens (primary N) is 1. The standard InChI is InChI=1S/C13H21N3O/c1-4-8-16(5-2)12-9-10(3)6-7-11(12)13(14)15-17/h6-7,9,17H,4-5,8H2,1-3H3,(H2,14,15). The molecule has 4 nitrogen and oxygen atoms in total. The lowest BCUT2D eigenvalue weighted by atomic mass is 10.1. The minimum absolute atomic E-state index is 0.162. The summed E-state index contributed by atoms with van der Waals surface area (Å²) < 4.78 is 0. The number of hydrogen-bond acceptors (Lipinski definition) is 3. The van der Waals surface area contributed by atoms with E-state index < -0.39 is 0 Å². The average molecular weight is 235 g/mol. The first-order chi connectivity index (χ1) is 8.13. The van der Waals surface area contributed by atoms with E-state index in [1.54, 1.807) is 0 Å². The van der Waals surface area contributed by atoms with E-state index in [-0.39, 0.29) is 5.84 Å². The van der Waals surface area contributed by atoms with E-state index in [0.29, 0.717) is 0 Å². The average Bonchev–Trinajstić information content (AvgIpc) is 2.35. The Kier molecular flexibility index (Phi) is 4.82. The molecule has 0 radical (unpaired) electrons. The van der Waals surface area contributed by atoms with Gasteiger partial charge in [0.05, 0.1) is 0 Å². The molecule has 0 saturated heterocycles. The van der Waals surface area contributed by atoms with Gasteiger partial charge in [0.25, 0.3) is 0 Å². The van der Waals surface area contributed by atoms with Crippen LogP contribution in [0.25, 0.3) is 0 Å². The van der Waals surface area contributed by atoms with Crippen molar-refractivity contribution in [2.24, 2.45) is 10.9 Å². The van der Waals surface area contributed by atoms with Gasteiger partial charge in [-0.25, -0.2) is 0 Å². The smallest absolute Gasteiger partial charge is 0.172 e. The fourth-order valence-corrected chi connectivity index (χ4v) is 1.89. The number of aryl methyl sites for hydroxylation is 1. The Bertz CT molecular complexity index is 402. The Morgan fingerprint density at radius 2 is 2.12 bits per heavy atom. The van der Waals surface area contributed by atoms with Crippen molar-refractivity contribution >= 4 is 11.5 Å². The molecule has 0 atom stereocenters. The zero-order chi connectivity index (χ0) is 12.8. The molecule has 0 aliphatic heterocycles. The normalized spacial score (nSPS) is 11.6. The van der Waals surface area contributed by atoms with Gasteiger partial charge in [0, 0.05) is 24.3 Å². The van der Waals surface area contributed by atoms with Gasteiger partial charge in [-0.05, 0) is 38.0 Å². The van der Waals surface area contributed by atoms with E-state index >= 15 is 0 Å². The summed E-state index contributed by atoms with van der Waals surface area (Å²) in [5.74, 6) is 0.162. The number of nitrogens with zero attached hydrogens (tertiary/aromatic N) is 2. The van der Waals surface area contributed by atoms with Gasteiger partial charge in [0.2, 0.25) is 0 Å². The summed E-state index contributed by atoms with van der Waals surface area (Å²) in [6, 6.07) is 5.95. The van der Waals surface area contributed by atoms with Crippen molar-refractivity contribution in [1.82, 2.24) is 0 Å². The summed E-state index contributed by atoms with van der Waals surface area (Å²) in [7, 11) is 0. The van der Waals surface area contributed by atoms with E-state index in [2.05, 4.69) is 30.0 Å². The molecule has 17 heavy (non-hydrogen) atoms. The summed E-state index contributed by atoms with van der Waals surface area (Å²) in [4.78, 5) is 2.24. The minimum Gasteiger partial charge on any atom is -0.409 e. The van der Waals surface area contributed by atoms with Crippen LogP contribution in [0.3, 0.4) is 0 Å². The molecule has 0 aliphatic carbocycles. The first-order valence-electron chi connectivity index (χ1n) is 5.97. The number of benzene rings is 1. The van der Waals surface area contributed by atoms with Gasteiger partial charge in [0.1, 0.15) is 0 Å². The molecule has 1 aromatic rings. The molecule has 0 amide bonds. The monoisotopic (exact) mass is 235 g/mol. The summed E-state index contributed by atoms with van der Waals surface area (Å²) in [6.07, 6.45) is 1.07. The first kappa shape index (κ1) is 13.4. The molecule has 0 spiro atoms. The minimum atomic E-state index is 0.162. The van der Waals surface area contributed by atoms with Crippen molar-refractivity contribution in [1.29, 1.82) is 0 Å². The largest absolute Gasteiger partial charge is 0.409 e. The van der Waals surface area contributed by atoms with Gasteiger partial charge in [-0.2, -0.15) is 0 Å². The highest BCUT2D eigenvalue weighted by Gasteiger charge is 2.12. The highest BCUT2D eigenvalue weighted by Crippen LogP contribution is 2.22. The Morgan fingerprint density at radius 3 is 2.65 bits per heavy atom. The van der Waals surface area contributed by atoms with Crippen LogP contribution in [0.2, 0.25) is 0 Å². The van der Waals surface area contributed by atoms with Crippen molar-refractivity contribution < 1.29 is 5.21 Å². The second-order valence-electron chi connectivity index (χ2n) is 4.09. The summed E-state index contributed by atoms with van der Waals surface area (Å²) in [5, 5.41) is 11.9. The molecule has 1 aromatic carbocycles. The molecule has 0 aliphatic rings. The predicted molar refractivity (Wildman–Crippen MR) is 71.9 cm³/mol. The van der Waals surface area contributed by atoms with Crippen molar-refractivity contribution in [2.75, 3.05) is 18.0 Å². The Balaban J connectivity index is 3.22. The molecule has 1 rings (SSSR count). The van der Waals surface area contributed by atoms with Crippen LogP contribution in [0, 0.1) is 6.92 Å². The molecule has 0 saturated carbocycles. The number of anilines is 1. The second kappa shape index (κ2) is 6.13. The summed E-state index contributed by atoms with van der Waals surface area (Å²) in [5.41, 5.74) is 8.70. The maximum atomic E-state index is 8.81. The molecule has 0 bridgehead atoms. The predicted octanol–water partition coefficient (Wildman–Crippen LogP) is 2.33. The molecule has 0 heterocycles. The van der Waals surface area contributed by atoms with Crippen LogP contribution in [-0.4, -0.2) is 24.1 Å². The van der Waals surface area contributed by atoms with Gasteiger partial charge in [-0.3, -0.25) is 0 Å². The third kappa shape index (κ3) is 3.12. The third-order valence-electron chi connectivity index (χ3n) is 2.75. The van der Waals surface area contributed by atoms with Crippen LogP contribution >= 0.6 is 0 Å². The Morgan fingerprint density at radius 1 is 1.41 bits per heavy atom. The van der Waals surface area contributed by atoms with Gasteiger partial charge in [0.15, 0.2) is 5.84 Å². The maximum Gasteiger partial charge on any atom is 0.172 e. The lowest BCUT2D eigenvalue weighted by Gasteiger charge is -2.25. The van der Waals surface area contributed by atoms with Crippen LogP contribution in [0.15, 0.2) is 23.4 Å². The molecule has 94 valence electrons. The molecule has 4 heteroatoms. The van der Waals surface area contributed by atoms with E-state index in [1.165, 1.54) is 5.56 Å².